The number of hydrogen-bond acceptors (Lipinski definition) is 4. The Bertz CT molecular complexity index is 1000. The average molecular weight is 924 g/mol. The van der Waals surface area contributed by atoms with E-state index in [9.17, 15) is 9.59 Å². The van der Waals surface area contributed by atoms with E-state index >= 15 is 0 Å². The van der Waals surface area contributed by atoms with Crippen LogP contribution < -0.4 is 5.32 Å². The van der Waals surface area contributed by atoms with Crippen LogP contribution in [0, 0.1) is 80.1 Å². The van der Waals surface area contributed by atoms with Gasteiger partial charge in [-0.1, -0.05) is 93.7 Å². The molecule has 2 N–H and O–H groups in total. The summed E-state index contributed by atoms with van der Waals surface area (Å²) in [6, 6.07) is 0. The second-order valence-corrected chi connectivity index (χ2v) is 14.7. The summed E-state index contributed by atoms with van der Waals surface area (Å²) in [6.07, 6.45) is 41.1. The Kier molecular flexibility index (Phi) is 66.1. The Morgan fingerprint density at radius 3 is 1.12 bits per heavy atom. The SMILES string of the molecule is C1=CCCC1.C1=CCCC1.C1=CCCC1.C[C@@H]1C=C[C@H](C(=O)NCCN(C)C)C1.C[C@@H]1C=C[C@H](C(=O)O)C1.C[C@@H]1C=C[C@H](CN(C)C)C1.[CH3-].[CH3-].[CH3-].[CH3-].[CH3-].[CH3-].[Fe+2].[Fe+2].[Fe+2]. The van der Waals surface area contributed by atoms with Crippen molar-refractivity contribution in [2.45, 2.75) is 97.8 Å². The molecule has 6 nitrogen and oxygen atoms in total. The molecule has 0 aliphatic heterocycles. The predicted octanol–water partition coefficient (Wildman–Crippen LogP) is 11.8. The molecule has 0 bridgehead atoms. The third kappa shape index (κ3) is 44.2. The molecule has 0 aromatic rings. The molecule has 6 aliphatic carbocycles. The zero-order valence-electron chi connectivity index (χ0n) is 38.7. The monoisotopic (exact) mass is 923 g/mol. The molecule has 1 amide bonds. The summed E-state index contributed by atoms with van der Waals surface area (Å²) in [5.74, 6) is 1.98. The molecule has 6 rings (SSSR count). The van der Waals surface area contributed by atoms with E-state index in [0.29, 0.717) is 11.8 Å². The molecule has 0 saturated carbocycles. The molecule has 0 radical (unpaired) electrons. The average Bonchev–Trinajstić information content (AvgIpc) is 3.88. The van der Waals surface area contributed by atoms with Crippen molar-refractivity contribution in [2.75, 3.05) is 47.8 Å². The summed E-state index contributed by atoms with van der Waals surface area (Å²) in [5, 5.41) is 11.4. The van der Waals surface area contributed by atoms with E-state index in [1.165, 1.54) is 70.8 Å². The summed E-state index contributed by atoms with van der Waals surface area (Å²) in [5.41, 5.74) is 0. The van der Waals surface area contributed by atoms with Crippen molar-refractivity contribution in [1.29, 1.82) is 0 Å². The number of carbonyl (C=O) groups excluding carboxylic acids is 1. The fourth-order valence-electron chi connectivity index (χ4n) is 6.03. The van der Waals surface area contributed by atoms with Crippen LogP contribution in [0.5, 0.6) is 0 Å². The minimum absolute atomic E-state index is 0. The molecule has 0 heterocycles. The standard InChI is InChI=1S/C11H20N2O.C9H17N.C7H10O2.3C5H8.6CH3.3Fe/c1-9-4-5-10(8-9)11(14)12-6-7-13(2)3;1-8-4-5-9(6-8)7-10(2)3;1-5-2-3-6(4-5)7(8)9;3*1-2-4-5-3-1;;;;;;;;;/h4-5,9-10H,6-8H2,1-3H3,(H,12,14);4-5,8-9H,6-7H2,1-3H3;2-3,5-6H,4H2,1H3,(H,8,9);3*1-2H,3-5H2;6*1H3;;;/q;;;;;;6*-1;3*+2/t9-,10+;8-,9+;5-,6+;;;;;;;;;;;;/m111............/s1. The maximum absolute atomic E-state index is 11.6. The van der Waals surface area contributed by atoms with Crippen LogP contribution in [-0.4, -0.2) is 74.6 Å². The van der Waals surface area contributed by atoms with Crippen LogP contribution in [0.1, 0.15) is 97.8 Å². The van der Waals surface area contributed by atoms with Gasteiger partial charge in [0, 0.05) is 19.6 Å². The zero-order valence-corrected chi connectivity index (χ0v) is 42.0. The van der Waals surface area contributed by atoms with Crippen molar-refractivity contribution in [3.05, 3.63) is 117 Å². The van der Waals surface area contributed by atoms with Crippen molar-refractivity contribution in [2.24, 2.45) is 35.5 Å². The summed E-state index contributed by atoms with van der Waals surface area (Å²) >= 11 is 0. The molecule has 57 heavy (non-hydrogen) atoms. The van der Waals surface area contributed by atoms with E-state index in [1.54, 1.807) is 6.08 Å². The van der Waals surface area contributed by atoms with Gasteiger partial charge in [0.15, 0.2) is 0 Å². The number of rotatable bonds is 7. The Morgan fingerprint density at radius 2 is 0.895 bits per heavy atom. The number of carbonyl (C=O) groups is 2. The van der Waals surface area contributed by atoms with Crippen molar-refractivity contribution in [3.63, 3.8) is 0 Å². The number of carboxylic acid groups (broad SMARTS) is 1. The van der Waals surface area contributed by atoms with E-state index in [1.807, 2.05) is 33.2 Å². The molecule has 338 valence electrons. The largest absolute Gasteiger partial charge is 2.00 e. The van der Waals surface area contributed by atoms with Gasteiger partial charge in [-0.15, -0.1) is 0 Å². The van der Waals surface area contributed by atoms with Crippen LogP contribution >= 0.6 is 0 Å². The van der Waals surface area contributed by atoms with Crippen molar-refractivity contribution in [3.8, 4) is 0 Å². The number of nitrogens with one attached hydrogen (secondary N) is 1. The first-order chi connectivity index (χ1) is 23.0. The van der Waals surface area contributed by atoms with E-state index in [-0.39, 0.29) is 114 Å². The predicted molar refractivity (Wildman–Crippen MR) is 244 cm³/mol. The fourth-order valence-corrected chi connectivity index (χ4v) is 6.03. The van der Waals surface area contributed by atoms with Crippen LogP contribution in [0.3, 0.4) is 0 Å². The van der Waals surface area contributed by atoms with E-state index < -0.39 is 5.97 Å². The van der Waals surface area contributed by atoms with Gasteiger partial charge >= 0.3 is 57.2 Å². The molecular formula is C48H89Fe3N3O3. The van der Waals surface area contributed by atoms with Gasteiger partial charge < -0.3 is 64.8 Å². The molecule has 0 saturated heterocycles. The minimum Gasteiger partial charge on any atom is -0.481 e. The van der Waals surface area contributed by atoms with E-state index in [2.05, 4.69) is 97.7 Å². The third-order valence-electron chi connectivity index (χ3n) is 8.82. The molecule has 0 aromatic carbocycles. The van der Waals surface area contributed by atoms with Gasteiger partial charge in [0.05, 0.1) is 11.8 Å². The number of hydrogen-bond donors (Lipinski definition) is 2. The maximum atomic E-state index is 11.6. The number of allylic oxidation sites excluding steroid dienone is 9. The molecule has 6 aliphatic rings. The smallest absolute Gasteiger partial charge is 0.481 e. The van der Waals surface area contributed by atoms with Crippen LogP contribution in [0.15, 0.2) is 72.9 Å². The number of carboxylic acids is 1. The molecule has 0 fully saturated rings. The molecule has 0 unspecified atom stereocenters. The van der Waals surface area contributed by atoms with Crippen LogP contribution in [0.25, 0.3) is 0 Å². The molecular weight excluding hydrogens is 834 g/mol. The van der Waals surface area contributed by atoms with Gasteiger partial charge in [-0.3, -0.25) is 9.59 Å². The summed E-state index contributed by atoms with van der Waals surface area (Å²) < 4.78 is 0. The van der Waals surface area contributed by atoms with E-state index in [0.717, 1.165) is 37.8 Å². The molecule has 0 aromatic heterocycles. The zero-order chi connectivity index (χ0) is 35.6. The first kappa shape index (κ1) is 76.6. The molecule has 6 atom stereocenters. The second-order valence-electron chi connectivity index (χ2n) is 14.7. The second kappa shape index (κ2) is 49.2. The normalized spacial score (nSPS) is 22.6. The van der Waals surface area contributed by atoms with Crippen LogP contribution in [-0.2, 0) is 60.8 Å². The van der Waals surface area contributed by atoms with Crippen LogP contribution in [0.4, 0.5) is 0 Å². The Labute approximate surface area is 389 Å². The molecule has 0 spiro atoms. The van der Waals surface area contributed by atoms with Gasteiger partial charge in [-0.25, -0.2) is 0 Å². The number of likely N-dealkylation sites (N-methyl/N-ethyl adjacent to an activating group) is 1. The van der Waals surface area contributed by atoms with Gasteiger partial charge in [0.2, 0.25) is 5.91 Å². The van der Waals surface area contributed by atoms with Crippen molar-refractivity contribution >= 4 is 11.9 Å². The number of nitrogens with zero attached hydrogens (tertiary/aromatic N) is 2. The van der Waals surface area contributed by atoms with Gasteiger partial charge in [-0.05, 0) is 129 Å². The van der Waals surface area contributed by atoms with Crippen molar-refractivity contribution < 1.29 is 65.9 Å². The summed E-state index contributed by atoms with van der Waals surface area (Å²) in [7, 11) is 8.28. The number of amides is 1. The first-order valence-corrected chi connectivity index (χ1v) is 18.8. The Hall–Kier alpha value is -1.14. The van der Waals surface area contributed by atoms with Gasteiger partial charge in [-0.2, -0.15) is 0 Å². The third-order valence-corrected chi connectivity index (χ3v) is 8.82. The fraction of sp³-hybridized carbons (Fsp3) is 0.583. The first-order valence-electron chi connectivity index (χ1n) is 18.8. The van der Waals surface area contributed by atoms with Crippen molar-refractivity contribution in [1.82, 2.24) is 15.1 Å². The van der Waals surface area contributed by atoms with Gasteiger partial charge in [0.25, 0.3) is 0 Å². The topological polar surface area (TPSA) is 72.9 Å². The van der Waals surface area contributed by atoms with Crippen LogP contribution in [0.2, 0.25) is 0 Å². The summed E-state index contributed by atoms with van der Waals surface area (Å²) in [4.78, 5) is 26.2. The Balaban J connectivity index is -0.0000000696. The molecule has 9 heteroatoms. The minimum atomic E-state index is -0.699. The van der Waals surface area contributed by atoms with E-state index in [4.69, 9.17) is 5.11 Å². The summed E-state index contributed by atoms with van der Waals surface area (Å²) in [6.45, 7) is 9.30. The van der Waals surface area contributed by atoms with Gasteiger partial charge in [0.1, 0.15) is 0 Å². The Morgan fingerprint density at radius 1 is 0.544 bits per heavy atom. The quantitative estimate of drug-likeness (QED) is 0.151. The maximum Gasteiger partial charge on any atom is 2.00 e. The number of aliphatic carboxylic acids is 1.